The van der Waals surface area contributed by atoms with Gasteiger partial charge in [-0.2, -0.15) is 0 Å². The van der Waals surface area contributed by atoms with Crippen LogP contribution >= 0.6 is 0 Å². The fourth-order valence-electron chi connectivity index (χ4n) is 4.50. The predicted octanol–water partition coefficient (Wildman–Crippen LogP) is 3.36. The second-order valence-corrected chi connectivity index (χ2v) is 11.6. The topological polar surface area (TPSA) is 162 Å². The molecular weight excluding hydrogens is 552 g/mol. The van der Waals surface area contributed by atoms with Gasteiger partial charge >= 0.3 is 0 Å². The molecule has 10 nitrogen and oxygen atoms in total. The van der Waals surface area contributed by atoms with Gasteiger partial charge < -0.3 is 16.8 Å². The maximum atomic E-state index is 13.7. The number of nitrogens with zero attached hydrogens (tertiary/aromatic N) is 2. The van der Waals surface area contributed by atoms with Gasteiger partial charge in [0.15, 0.2) is 5.96 Å². The lowest BCUT2D eigenvalue weighted by atomic mass is 10.1. The van der Waals surface area contributed by atoms with Gasteiger partial charge in [0.1, 0.15) is 11.7 Å². The van der Waals surface area contributed by atoms with Crippen LogP contribution in [0.4, 0.5) is 11.4 Å². The average molecular weight is 587 g/mol. The summed E-state index contributed by atoms with van der Waals surface area (Å²) in [5.41, 5.74) is 13.8. The van der Waals surface area contributed by atoms with Crippen LogP contribution in [0.25, 0.3) is 0 Å². The minimum Gasteiger partial charge on any atom is -0.370 e. The molecule has 3 aromatic carbocycles. The molecule has 1 atom stereocenters. The Morgan fingerprint density at radius 1 is 0.833 bits per heavy atom. The molecule has 0 saturated carbocycles. The first-order chi connectivity index (χ1) is 20.1. The Hall–Kier alpha value is -4.90. The first-order valence-corrected chi connectivity index (χ1v) is 15.1. The van der Waals surface area contributed by atoms with Crippen molar-refractivity contribution >= 4 is 33.3 Å². The van der Waals surface area contributed by atoms with Crippen molar-refractivity contribution in [1.29, 1.82) is 0 Å². The van der Waals surface area contributed by atoms with Gasteiger partial charge in [-0.05, 0) is 60.7 Å². The van der Waals surface area contributed by atoms with Gasteiger partial charge in [-0.15, -0.1) is 0 Å². The molecule has 0 aliphatic rings. The Kier molecular flexibility index (Phi) is 9.77. The van der Waals surface area contributed by atoms with E-state index >= 15 is 0 Å². The van der Waals surface area contributed by atoms with E-state index in [2.05, 4.69) is 15.0 Å². The summed E-state index contributed by atoms with van der Waals surface area (Å²) in [5.74, 6) is -0.736. The number of pyridine rings is 1. The molecule has 4 rings (SSSR count). The SMILES string of the molecule is CC(C(=O)NCc1ccc(N=C(N)N)cc1)n1c(CCc2ccccc2)ccc(NS(=O)(=O)Cc2ccccc2)c1=O. The molecule has 0 radical (unpaired) electrons. The largest absolute Gasteiger partial charge is 0.370 e. The van der Waals surface area contributed by atoms with E-state index in [-0.39, 0.29) is 23.9 Å². The van der Waals surface area contributed by atoms with E-state index in [1.54, 1.807) is 67.6 Å². The Labute approximate surface area is 245 Å². The zero-order valence-corrected chi connectivity index (χ0v) is 24.1. The van der Waals surface area contributed by atoms with E-state index in [1.807, 2.05) is 30.3 Å². The molecule has 1 heterocycles. The summed E-state index contributed by atoms with van der Waals surface area (Å²) in [7, 11) is -3.89. The number of nitrogens with one attached hydrogen (secondary N) is 2. The van der Waals surface area contributed by atoms with Crippen LogP contribution in [0, 0.1) is 0 Å². The highest BCUT2D eigenvalue weighted by Gasteiger charge is 2.22. The van der Waals surface area contributed by atoms with E-state index in [0.717, 1.165) is 11.1 Å². The predicted molar refractivity (Wildman–Crippen MR) is 166 cm³/mol. The van der Waals surface area contributed by atoms with Crippen LogP contribution < -0.4 is 27.1 Å². The molecule has 6 N–H and O–H groups in total. The quantitative estimate of drug-likeness (QED) is 0.147. The minimum atomic E-state index is -3.89. The van der Waals surface area contributed by atoms with Crippen LogP contribution in [-0.2, 0) is 40.0 Å². The molecular formula is C31H34N6O4S. The van der Waals surface area contributed by atoms with Crippen molar-refractivity contribution < 1.29 is 13.2 Å². The fraction of sp³-hybridized carbons (Fsp3) is 0.194. The summed E-state index contributed by atoms with van der Waals surface area (Å²) in [6.45, 7) is 1.83. The van der Waals surface area contributed by atoms with Crippen molar-refractivity contribution in [2.75, 3.05) is 4.72 Å². The summed E-state index contributed by atoms with van der Waals surface area (Å²) in [4.78, 5) is 31.0. The number of aliphatic imine (C=N–C) groups is 1. The first kappa shape index (κ1) is 30.1. The summed E-state index contributed by atoms with van der Waals surface area (Å²) in [5, 5.41) is 2.86. The number of benzene rings is 3. The van der Waals surface area contributed by atoms with Crippen LogP contribution in [0.5, 0.6) is 0 Å². The standard InChI is InChI=1S/C31H34N6O4S/c1-22(29(38)34-20-24-12-15-26(16-13-24)35-31(32)33)37-27(17-14-23-8-4-2-5-9-23)18-19-28(30(37)39)36-42(40,41)21-25-10-6-3-7-11-25/h2-13,15-16,18-19,22,36H,14,17,20-21H2,1H3,(H,34,38)(H4,32,33,35). The van der Waals surface area contributed by atoms with Crippen molar-refractivity contribution in [2.24, 2.45) is 16.5 Å². The van der Waals surface area contributed by atoms with Crippen molar-refractivity contribution in [3.63, 3.8) is 0 Å². The number of sulfonamides is 1. The molecule has 0 spiro atoms. The Morgan fingerprint density at radius 3 is 2.07 bits per heavy atom. The van der Waals surface area contributed by atoms with Gasteiger partial charge in [0.05, 0.1) is 11.4 Å². The van der Waals surface area contributed by atoms with Gasteiger partial charge in [0.2, 0.25) is 15.9 Å². The number of guanidine groups is 1. The van der Waals surface area contributed by atoms with Crippen LogP contribution in [0.2, 0.25) is 0 Å². The third kappa shape index (κ3) is 8.31. The van der Waals surface area contributed by atoms with Gasteiger partial charge in [-0.3, -0.25) is 18.9 Å². The minimum absolute atomic E-state index is 0.0528. The van der Waals surface area contributed by atoms with E-state index in [4.69, 9.17) is 11.5 Å². The van der Waals surface area contributed by atoms with Crippen molar-refractivity contribution in [1.82, 2.24) is 9.88 Å². The van der Waals surface area contributed by atoms with Crippen molar-refractivity contribution in [3.8, 4) is 0 Å². The Balaban J connectivity index is 1.57. The molecule has 218 valence electrons. The highest BCUT2D eigenvalue weighted by molar-refractivity contribution is 7.91. The van der Waals surface area contributed by atoms with Gasteiger partial charge in [-0.1, -0.05) is 72.8 Å². The van der Waals surface area contributed by atoms with E-state index in [9.17, 15) is 18.0 Å². The number of carbonyl (C=O) groups is 1. The van der Waals surface area contributed by atoms with Gasteiger partial charge in [0, 0.05) is 12.2 Å². The number of hydrogen-bond donors (Lipinski definition) is 4. The van der Waals surface area contributed by atoms with Crippen LogP contribution in [0.1, 0.15) is 35.3 Å². The zero-order chi connectivity index (χ0) is 30.1. The van der Waals surface area contributed by atoms with Crippen molar-refractivity contribution in [3.05, 3.63) is 130 Å². The molecule has 1 unspecified atom stereocenters. The number of aryl methyl sites for hydroxylation is 2. The fourth-order valence-corrected chi connectivity index (χ4v) is 5.70. The molecule has 0 aliphatic carbocycles. The number of amides is 1. The highest BCUT2D eigenvalue weighted by Crippen LogP contribution is 2.17. The molecule has 1 aromatic heterocycles. The van der Waals surface area contributed by atoms with E-state index in [1.165, 1.54) is 10.6 Å². The first-order valence-electron chi connectivity index (χ1n) is 13.4. The third-order valence-corrected chi connectivity index (χ3v) is 7.85. The summed E-state index contributed by atoms with van der Waals surface area (Å²) >= 11 is 0. The average Bonchev–Trinajstić information content (AvgIpc) is 2.97. The molecule has 1 amide bonds. The molecule has 0 aliphatic heterocycles. The van der Waals surface area contributed by atoms with Crippen LogP contribution in [0.15, 0.2) is 107 Å². The zero-order valence-electron chi connectivity index (χ0n) is 23.2. The number of aromatic nitrogens is 1. The Morgan fingerprint density at radius 2 is 1.45 bits per heavy atom. The third-order valence-electron chi connectivity index (χ3n) is 6.61. The second-order valence-electron chi connectivity index (χ2n) is 9.84. The number of hydrogen-bond acceptors (Lipinski definition) is 5. The molecule has 0 bridgehead atoms. The monoisotopic (exact) mass is 586 g/mol. The highest BCUT2D eigenvalue weighted by atomic mass is 32.2. The van der Waals surface area contributed by atoms with Crippen molar-refractivity contribution in [2.45, 2.75) is 38.1 Å². The van der Waals surface area contributed by atoms with Gasteiger partial charge in [0.25, 0.3) is 5.56 Å². The van der Waals surface area contributed by atoms with Gasteiger partial charge in [-0.25, -0.2) is 13.4 Å². The number of carbonyl (C=O) groups excluding carboxylic acids is 1. The maximum Gasteiger partial charge on any atom is 0.275 e. The molecule has 4 aromatic rings. The number of nitrogens with two attached hydrogens (primary N) is 2. The maximum absolute atomic E-state index is 13.7. The number of rotatable bonds is 12. The smallest absolute Gasteiger partial charge is 0.275 e. The van der Waals surface area contributed by atoms with Crippen LogP contribution in [0.3, 0.4) is 0 Å². The summed E-state index contributed by atoms with van der Waals surface area (Å²) in [6, 6.07) is 27.7. The number of anilines is 1. The summed E-state index contributed by atoms with van der Waals surface area (Å²) in [6.07, 6.45) is 1.11. The second kappa shape index (κ2) is 13.6. The van der Waals surface area contributed by atoms with E-state index < -0.39 is 27.5 Å². The van der Waals surface area contributed by atoms with E-state index in [0.29, 0.717) is 29.8 Å². The molecule has 11 heteroatoms. The molecule has 0 fully saturated rings. The lowest BCUT2D eigenvalue weighted by Gasteiger charge is -2.21. The molecule has 0 saturated heterocycles. The van der Waals surface area contributed by atoms with Crippen LogP contribution in [-0.4, -0.2) is 24.9 Å². The Bertz CT molecular complexity index is 1700. The lowest BCUT2D eigenvalue weighted by Crippen LogP contribution is -2.38. The molecule has 42 heavy (non-hydrogen) atoms. The normalized spacial score (nSPS) is 11.8. The lowest BCUT2D eigenvalue weighted by molar-refractivity contribution is -0.124. The summed E-state index contributed by atoms with van der Waals surface area (Å²) < 4.78 is 29.6.